The van der Waals surface area contributed by atoms with Gasteiger partial charge in [-0.15, -0.1) is 37.8 Å². The van der Waals surface area contributed by atoms with Gasteiger partial charge in [0.05, 0.1) is 6.10 Å². The van der Waals surface area contributed by atoms with E-state index in [1.807, 2.05) is 30.6 Å². The number of aliphatic hydroxyl groups is 7. The number of aliphatic hydroxyl groups excluding tert-OH is 5. The molecular formula is C54H98N8Ni3O8-4. The summed E-state index contributed by atoms with van der Waals surface area (Å²) in [6, 6.07) is 1.46. The summed E-state index contributed by atoms with van der Waals surface area (Å²) in [5.74, 6) is 1.34. The van der Waals surface area contributed by atoms with Crippen molar-refractivity contribution >= 4 is 12.0 Å². The maximum absolute atomic E-state index is 13.1. The Morgan fingerprint density at radius 1 is 0.740 bits per heavy atom. The fraction of sp³-hybridized carbons (Fsp3) is 0.778. The second kappa shape index (κ2) is 47.8. The third-order valence-corrected chi connectivity index (χ3v) is 12.5. The zero-order valence-electron chi connectivity index (χ0n) is 45.5. The zero-order valence-corrected chi connectivity index (χ0v) is 48.4. The molecule has 8 atom stereocenters. The van der Waals surface area contributed by atoms with Crippen LogP contribution >= 0.6 is 0 Å². The fourth-order valence-electron chi connectivity index (χ4n) is 9.54. The number of allylic oxidation sites excluding steroid dienone is 6. The normalized spacial score (nSPS) is 26.0. The molecule has 0 bridgehead atoms. The molecule has 3 saturated heterocycles. The molecule has 6 rings (SSSR count). The van der Waals surface area contributed by atoms with Crippen molar-refractivity contribution in [2.75, 3.05) is 86.2 Å². The summed E-state index contributed by atoms with van der Waals surface area (Å²) < 4.78 is 0. The Kier molecular flexibility index (Phi) is 49.7. The van der Waals surface area contributed by atoms with Crippen molar-refractivity contribution in [3.63, 3.8) is 0 Å². The van der Waals surface area contributed by atoms with Crippen molar-refractivity contribution in [2.24, 2.45) is 22.7 Å². The maximum Gasteiger partial charge on any atom is 0.191 e. The summed E-state index contributed by atoms with van der Waals surface area (Å²) in [6.45, 7) is 21.5. The summed E-state index contributed by atoms with van der Waals surface area (Å²) in [5.41, 5.74) is 2.73. The Morgan fingerprint density at radius 3 is 1.71 bits per heavy atom. The monoisotopic (exact) mass is 1160 g/mol. The summed E-state index contributed by atoms with van der Waals surface area (Å²) in [5, 5.41) is 78.0. The third-order valence-electron chi connectivity index (χ3n) is 12.5. The van der Waals surface area contributed by atoms with Gasteiger partial charge in [0.1, 0.15) is 12.6 Å². The van der Waals surface area contributed by atoms with E-state index in [1.54, 1.807) is 0 Å². The van der Waals surface area contributed by atoms with Gasteiger partial charge in [0.25, 0.3) is 0 Å². The van der Waals surface area contributed by atoms with Crippen LogP contribution in [0.5, 0.6) is 0 Å². The minimum Gasteiger partial charge on any atom is -0.684 e. The van der Waals surface area contributed by atoms with E-state index >= 15 is 0 Å². The first-order valence-corrected chi connectivity index (χ1v) is 26.4. The standard InChI is InChI=1S/C24H44N4O.C24H34N4O.2C2H6O2.2CH4O.3Ni/c2*1-3-10-25-15-20-13-19(2)14-21(24(20)29)16-28(17-22-8-4-6-11-26-22)18-23-9-5-7-12-27-23;2*1-2(3)4;2*1-2;;;/h15,19-24,29H,3-14,16-18H2,1-2H3;4,6,8,11,13-15,22-23H,3,5,7,9-10,12,16-18H2,1-2H3,(H,25,29);2*2-4H,1H3;2*2H,1H3;;;/q2*-2;;;;;;;. The van der Waals surface area contributed by atoms with E-state index in [4.69, 9.17) is 46.6 Å². The van der Waals surface area contributed by atoms with Crippen molar-refractivity contribution in [1.29, 1.82) is 0 Å². The second-order valence-corrected chi connectivity index (χ2v) is 19.3. The van der Waals surface area contributed by atoms with Gasteiger partial charge in [-0.3, -0.25) is 9.79 Å². The zero-order chi connectivity index (χ0) is 52.1. The van der Waals surface area contributed by atoms with Crippen molar-refractivity contribution in [1.82, 2.24) is 15.1 Å². The number of rotatable bonds is 18. The van der Waals surface area contributed by atoms with Crippen LogP contribution in [0.25, 0.3) is 21.3 Å². The molecule has 19 heteroatoms. The molecule has 1 saturated carbocycles. The molecule has 4 heterocycles. The quantitative estimate of drug-likeness (QED) is 0.0232. The van der Waals surface area contributed by atoms with Crippen molar-refractivity contribution in [2.45, 2.75) is 168 Å². The Labute approximate surface area is 472 Å². The minimum atomic E-state index is -1.17. The van der Waals surface area contributed by atoms with E-state index in [9.17, 15) is 9.90 Å². The topological polar surface area (TPSA) is 246 Å². The van der Waals surface area contributed by atoms with Gasteiger partial charge in [-0.05, 0) is 96.1 Å². The number of carbonyl (C=O) groups excluding carboxylic acids is 1. The molecule has 0 aromatic carbocycles. The number of carbonyl (C=O) groups is 1. The van der Waals surface area contributed by atoms with Crippen molar-refractivity contribution in [3.05, 3.63) is 80.8 Å². The molecule has 16 nitrogen and oxygen atoms in total. The molecule has 8 N–H and O–H groups in total. The van der Waals surface area contributed by atoms with Gasteiger partial charge in [0.15, 0.2) is 5.78 Å². The van der Waals surface area contributed by atoms with E-state index < -0.39 is 12.6 Å². The van der Waals surface area contributed by atoms with Crippen LogP contribution in [0.15, 0.2) is 64.5 Å². The predicted molar refractivity (Wildman–Crippen MR) is 288 cm³/mol. The maximum atomic E-state index is 13.1. The Balaban J connectivity index is -0.00000107. The molecule has 4 aliphatic heterocycles. The average molecular weight is 1160 g/mol. The molecule has 436 valence electrons. The number of nitrogens with one attached hydrogen (secondary N) is 1. The fourth-order valence-corrected chi connectivity index (χ4v) is 9.54. The number of aliphatic imine (C=N–C) groups is 1. The van der Waals surface area contributed by atoms with Gasteiger partial charge >= 0.3 is 0 Å². The molecule has 0 aromatic rings. The summed E-state index contributed by atoms with van der Waals surface area (Å²) in [7, 11) is 2.00. The number of ketones is 1. The molecule has 4 fully saturated rings. The van der Waals surface area contributed by atoms with Crippen molar-refractivity contribution in [3.8, 4) is 0 Å². The van der Waals surface area contributed by atoms with E-state index in [-0.39, 0.29) is 73.3 Å². The third kappa shape index (κ3) is 35.6. The largest absolute Gasteiger partial charge is 0.684 e. The number of nitrogens with zero attached hydrogens (tertiary/aromatic N) is 7. The van der Waals surface area contributed by atoms with Gasteiger partial charge in [0.2, 0.25) is 0 Å². The van der Waals surface area contributed by atoms with Gasteiger partial charge in [-0.2, -0.15) is 6.20 Å². The molecule has 2 aliphatic carbocycles. The Bertz CT molecular complexity index is 1490. The van der Waals surface area contributed by atoms with E-state index in [0.29, 0.717) is 36.5 Å². The van der Waals surface area contributed by atoms with Gasteiger partial charge in [-0.1, -0.05) is 109 Å². The Morgan fingerprint density at radius 2 is 1.26 bits per heavy atom. The number of hydrogen-bond acceptors (Lipinski definition) is 12. The molecule has 0 aromatic heterocycles. The van der Waals surface area contributed by atoms with E-state index in [0.717, 1.165) is 128 Å². The van der Waals surface area contributed by atoms with Crippen LogP contribution in [0.4, 0.5) is 0 Å². The number of Topliss-reactive ketones (excluding diaryl/α,β-unsaturated/α-hetero) is 1. The molecule has 8 unspecified atom stereocenters. The first kappa shape index (κ1) is 75.9. The number of hydrogen-bond donors (Lipinski definition) is 8. The van der Waals surface area contributed by atoms with Crippen LogP contribution in [0.3, 0.4) is 0 Å². The van der Waals surface area contributed by atoms with Gasteiger partial charge in [0, 0.05) is 119 Å². The van der Waals surface area contributed by atoms with E-state index in [2.05, 4.69) is 71.5 Å². The Hall–Kier alpha value is -1.36. The minimum absolute atomic E-state index is 0. The molecule has 0 amide bonds. The van der Waals surface area contributed by atoms with Crippen LogP contribution < -0.4 is 5.32 Å². The first-order chi connectivity index (χ1) is 33.8. The van der Waals surface area contributed by atoms with Crippen LogP contribution in [-0.2, 0) is 54.3 Å². The van der Waals surface area contributed by atoms with Gasteiger partial charge < -0.3 is 72.1 Å². The SMILES string of the molecule is CC(O)O.CC(O)O.CCCN=CC1CC(C)CC(CN(CC2CCCC[N-]2)CC2CCCC[N-]2)C1O.CCCNC=C1C=C(C)C=C(CN(CC2C=CC=C[N-]2)CC2CCCC[N-]2)C1=O.CO.CO.[Ni].[Ni].[Ni]. The van der Waals surface area contributed by atoms with E-state index in [1.165, 1.54) is 65.2 Å². The molecular weight excluding hydrogens is 1060 g/mol. The van der Waals surface area contributed by atoms with Crippen LogP contribution in [0.2, 0.25) is 0 Å². The van der Waals surface area contributed by atoms with Gasteiger partial charge in [-0.25, -0.2) is 0 Å². The van der Waals surface area contributed by atoms with Crippen LogP contribution in [-0.4, -0.2) is 187 Å². The number of piperidine rings is 3. The molecule has 0 radical (unpaired) electrons. The average Bonchev–Trinajstić information content (AvgIpc) is 3.34. The van der Waals surface area contributed by atoms with Crippen LogP contribution in [0.1, 0.15) is 125 Å². The first-order valence-electron chi connectivity index (χ1n) is 26.4. The summed E-state index contributed by atoms with van der Waals surface area (Å²) >= 11 is 0. The smallest absolute Gasteiger partial charge is 0.191 e. The summed E-state index contributed by atoms with van der Waals surface area (Å²) in [4.78, 5) is 22.6. The predicted octanol–water partition coefficient (Wildman–Crippen LogP) is 6.87. The molecule has 73 heavy (non-hydrogen) atoms. The second-order valence-electron chi connectivity index (χ2n) is 19.3. The van der Waals surface area contributed by atoms with Crippen LogP contribution in [0, 0.1) is 17.8 Å². The molecule has 0 spiro atoms. The van der Waals surface area contributed by atoms with Crippen molar-refractivity contribution < 1.29 is 90.0 Å². The summed E-state index contributed by atoms with van der Waals surface area (Å²) in [6.07, 6.45) is 28.9. The molecule has 6 aliphatic rings.